The quantitative estimate of drug-likeness (QED) is 0.172. The fourth-order valence-electron chi connectivity index (χ4n) is 3.35. The van der Waals surface area contributed by atoms with Crippen molar-refractivity contribution in [3.8, 4) is 0 Å². The van der Waals surface area contributed by atoms with E-state index in [2.05, 4.69) is 20.8 Å². The Labute approximate surface area is 184 Å². The molecule has 1 atom stereocenters. The molecule has 0 aromatic heterocycles. The molecule has 2 aliphatic rings. The number of rotatable bonds is 6. The first kappa shape index (κ1) is 22.0. The largest absolute Gasteiger partial charge is 0.466 e. The van der Waals surface area contributed by atoms with Gasteiger partial charge in [-0.25, -0.2) is 5.43 Å². The lowest BCUT2D eigenvalue weighted by molar-refractivity contribution is -0.141. The number of esters is 1. The SMILES string of the molecule is CCOC(=O)CC(N=NN)=NCC1=C2C=CC=C(c3ccc(Cl)cc3Cl)C2NN1C. The Kier molecular flexibility index (Phi) is 7.25. The van der Waals surface area contributed by atoms with Crippen LogP contribution in [0.3, 0.4) is 0 Å². The minimum Gasteiger partial charge on any atom is -0.466 e. The molecule has 1 aromatic carbocycles. The van der Waals surface area contributed by atoms with Crippen LogP contribution in [0, 0.1) is 0 Å². The zero-order valence-electron chi connectivity index (χ0n) is 16.6. The van der Waals surface area contributed by atoms with Crippen LogP contribution in [0.4, 0.5) is 0 Å². The van der Waals surface area contributed by atoms with Crippen molar-refractivity contribution in [2.45, 2.75) is 19.4 Å². The Bertz CT molecular complexity index is 984. The smallest absolute Gasteiger partial charge is 0.313 e. The molecule has 0 radical (unpaired) electrons. The number of carbonyl (C=O) groups excluding carboxylic acids is 1. The van der Waals surface area contributed by atoms with Crippen molar-refractivity contribution in [1.29, 1.82) is 0 Å². The number of halogens is 2. The summed E-state index contributed by atoms with van der Waals surface area (Å²) >= 11 is 12.5. The Morgan fingerprint density at radius 2 is 2.17 bits per heavy atom. The van der Waals surface area contributed by atoms with Crippen molar-refractivity contribution < 1.29 is 9.53 Å². The molecule has 0 saturated heterocycles. The Morgan fingerprint density at radius 3 is 2.87 bits per heavy atom. The first-order chi connectivity index (χ1) is 14.4. The van der Waals surface area contributed by atoms with Gasteiger partial charge in [0.25, 0.3) is 0 Å². The molecule has 10 heteroatoms. The number of nitrogens with two attached hydrogens (primary N) is 1. The highest BCUT2D eigenvalue weighted by molar-refractivity contribution is 6.35. The molecular weight excluding hydrogens is 427 g/mol. The van der Waals surface area contributed by atoms with Crippen LogP contribution in [0.1, 0.15) is 18.9 Å². The van der Waals surface area contributed by atoms with Gasteiger partial charge >= 0.3 is 5.97 Å². The number of amidine groups is 1. The summed E-state index contributed by atoms with van der Waals surface area (Å²) in [6.45, 7) is 2.30. The number of nitrogens with zero attached hydrogens (tertiary/aromatic N) is 4. The highest BCUT2D eigenvalue weighted by atomic mass is 35.5. The minimum absolute atomic E-state index is 0.0893. The summed E-state index contributed by atoms with van der Waals surface area (Å²) < 4.78 is 4.94. The molecule has 1 aliphatic carbocycles. The molecular formula is C20H22Cl2N6O2. The van der Waals surface area contributed by atoms with Crippen molar-refractivity contribution in [2.24, 2.45) is 21.2 Å². The number of allylic oxidation sites excluding steroid dienone is 2. The molecule has 0 fully saturated rings. The molecule has 3 rings (SSSR count). The van der Waals surface area contributed by atoms with Crippen LogP contribution < -0.4 is 11.3 Å². The molecule has 158 valence electrons. The first-order valence-electron chi connectivity index (χ1n) is 9.31. The van der Waals surface area contributed by atoms with Gasteiger partial charge in [0.2, 0.25) is 0 Å². The number of hydrogen-bond acceptors (Lipinski definition) is 6. The number of benzene rings is 1. The predicted octanol–water partition coefficient (Wildman–Crippen LogP) is 3.70. The molecule has 0 saturated carbocycles. The second-order valence-electron chi connectivity index (χ2n) is 6.56. The van der Waals surface area contributed by atoms with Crippen LogP contribution in [-0.4, -0.2) is 43.1 Å². The topological polar surface area (TPSA) is 105 Å². The van der Waals surface area contributed by atoms with E-state index in [0.29, 0.717) is 10.0 Å². The van der Waals surface area contributed by atoms with Gasteiger partial charge in [0, 0.05) is 17.1 Å². The van der Waals surface area contributed by atoms with E-state index in [-0.39, 0.29) is 31.4 Å². The maximum atomic E-state index is 11.8. The highest BCUT2D eigenvalue weighted by Crippen LogP contribution is 2.37. The van der Waals surface area contributed by atoms with Gasteiger partial charge in [-0.05, 0) is 35.8 Å². The van der Waals surface area contributed by atoms with Crippen LogP contribution in [0.25, 0.3) is 5.57 Å². The second kappa shape index (κ2) is 9.88. The lowest BCUT2D eigenvalue weighted by atomic mass is 9.89. The molecule has 0 spiro atoms. The minimum atomic E-state index is -0.433. The average molecular weight is 449 g/mol. The monoisotopic (exact) mass is 448 g/mol. The Hall–Kier alpha value is -2.68. The van der Waals surface area contributed by atoms with Crippen molar-refractivity contribution in [2.75, 3.05) is 20.2 Å². The van der Waals surface area contributed by atoms with Crippen molar-refractivity contribution in [3.63, 3.8) is 0 Å². The Morgan fingerprint density at radius 1 is 1.37 bits per heavy atom. The van der Waals surface area contributed by atoms with E-state index in [1.54, 1.807) is 13.0 Å². The van der Waals surface area contributed by atoms with Gasteiger partial charge in [0.1, 0.15) is 6.42 Å². The summed E-state index contributed by atoms with van der Waals surface area (Å²) in [6, 6.07) is 5.36. The average Bonchev–Trinajstić information content (AvgIpc) is 3.02. The van der Waals surface area contributed by atoms with E-state index in [0.717, 1.165) is 22.4 Å². The molecule has 1 aliphatic heterocycles. The third-order valence-electron chi connectivity index (χ3n) is 4.67. The molecule has 1 aromatic rings. The van der Waals surface area contributed by atoms with E-state index in [4.69, 9.17) is 33.8 Å². The second-order valence-corrected chi connectivity index (χ2v) is 7.40. The van der Waals surface area contributed by atoms with Gasteiger partial charge < -0.3 is 15.6 Å². The van der Waals surface area contributed by atoms with Gasteiger partial charge in [-0.15, -0.1) is 5.11 Å². The van der Waals surface area contributed by atoms with E-state index < -0.39 is 5.97 Å². The highest BCUT2D eigenvalue weighted by Gasteiger charge is 2.32. The summed E-state index contributed by atoms with van der Waals surface area (Å²) in [5.41, 5.74) is 7.32. The predicted molar refractivity (Wildman–Crippen MR) is 118 cm³/mol. The van der Waals surface area contributed by atoms with Crippen LogP contribution in [0.5, 0.6) is 0 Å². The number of ether oxygens (including phenoxy) is 1. The number of aliphatic imine (C=N–C) groups is 1. The normalized spacial score (nSPS) is 18.8. The fraction of sp³-hybridized carbons (Fsp3) is 0.300. The number of likely N-dealkylation sites (N-methyl/N-ethyl adjacent to an activating group) is 1. The summed E-state index contributed by atoms with van der Waals surface area (Å²) in [6.07, 6.45) is 5.91. The van der Waals surface area contributed by atoms with Crippen LogP contribution >= 0.6 is 23.2 Å². The summed E-state index contributed by atoms with van der Waals surface area (Å²) in [5.74, 6) is 4.93. The van der Waals surface area contributed by atoms with Crippen molar-refractivity contribution in [1.82, 2.24) is 10.4 Å². The maximum absolute atomic E-state index is 11.8. The molecule has 0 amide bonds. The van der Waals surface area contributed by atoms with Crippen LogP contribution in [-0.2, 0) is 9.53 Å². The summed E-state index contributed by atoms with van der Waals surface area (Å²) in [5, 5.41) is 10.1. The van der Waals surface area contributed by atoms with Gasteiger partial charge in [-0.1, -0.05) is 52.7 Å². The number of hydrogen-bond donors (Lipinski definition) is 2. The van der Waals surface area contributed by atoms with Gasteiger partial charge in [-0.2, -0.15) is 0 Å². The van der Waals surface area contributed by atoms with E-state index in [9.17, 15) is 4.79 Å². The third kappa shape index (κ3) is 4.89. The lowest BCUT2D eigenvalue weighted by Gasteiger charge is -2.22. The maximum Gasteiger partial charge on any atom is 0.313 e. The molecule has 1 unspecified atom stereocenters. The summed E-state index contributed by atoms with van der Waals surface area (Å²) in [7, 11) is 1.90. The number of carbonyl (C=O) groups is 1. The molecule has 3 N–H and O–H groups in total. The number of nitrogens with one attached hydrogen (secondary N) is 1. The zero-order valence-corrected chi connectivity index (χ0v) is 18.1. The third-order valence-corrected chi connectivity index (χ3v) is 5.22. The number of fused-ring (bicyclic) bond motifs is 1. The lowest BCUT2D eigenvalue weighted by Crippen LogP contribution is -2.36. The summed E-state index contributed by atoms with van der Waals surface area (Å²) in [4.78, 5) is 16.2. The molecule has 30 heavy (non-hydrogen) atoms. The van der Waals surface area contributed by atoms with Gasteiger partial charge in [0.15, 0.2) is 5.84 Å². The molecule has 1 heterocycles. The first-order valence-corrected chi connectivity index (χ1v) is 10.1. The fourth-order valence-corrected chi connectivity index (χ4v) is 3.86. The zero-order chi connectivity index (χ0) is 21.7. The van der Waals surface area contributed by atoms with E-state index >= 15 is 0 Å². The van der Waals surface area contributed by atoms with Crippen molar-refractivity contribution in [3.05, 3.63) is 63.3 Å². The van der Waals surface area contributed by atoms with E-state index in [1.807, 2.05) is 42.4 Å². The van der Waals surface area contributed by atoms with E-state index in [1.165, 1.54) is 0 Å². The van der Waals surface area contributed by atoms with Gasteiger partial charge in [-0.3, -0.25) is 9.79 Å². The van der Waals surface area contributed by atoms with Crippen LogP contribution in [0.2, 0.25) is 10.0 Å². The van der Waals surface area contributed by atoms with Crippen molar-refractivity contribution >= 4 is 40.6 Å². The van der Waals surface area contributed by atoms with Gasteiger partial charge in [0.05, 0.1) is 24.9 Å². The number of hydrazine groups is 1. The van der Waals surface area contributed by atoms with Crippen LogP contribution in [0.15, 0.2) is 63.0 Å². The standard InChI is InChI=1S/C20H22Cl2N6O2/c1-3-30-19(29)10-18(25-27-23)24-11-17-15-6-4-5-14(20(15)26-28(17)2)13-8-7-12(21)9-16(13)22/h4-9,20,26H,3,10-11H2,1-2H3,(H2,23,24,25). The Balaban J connectivity index is 1.86. The molecule has 0 bridgehead atoms. The molecule has 8 nitrogen and oxygen atoms in total.